The fraction of sp³-hybridized carbons (Fsp3) is 0.300. The van der Waals surface area contributed by atoms with Crippen molar-refractivity contribution in [2.45, 2.75) is 13.0 Å². The first-order valence-electron chi connectivity index (χ1n) is 9.98. The van der Waals surface area contributed by atoms with Gasteiger partial charge in [-0.1, -0.05) is 12.1 Å². The number of aromatic nitrogens is 4. The third-order valence-electron chi connectivity index (χ3n) is 5.02. The van der Waals surface area contributed by atoms with E-state index in [9.17, 15) is 13.2 Å². The number of nitrogens with zero attached hydrogens (tertiary/aromatic N) is 5. The van der Waals surface area contributed by atoms with Crippen LogP contribution in [0.1, 0.15) is 18.5 Å². The Morgan fingerprint density at radius 2 is 2.00 bits per heavy atom. The minimum absolute atomic E-state index is 0.157. The second-order valence-electron chi connectivity index (χ2n) is 7.42. The molecule has 12 heteroatoms. The van der Waals surface area contributed by atoms with Crippen LogP contribution in [0.25, 0.3) is 0 Å². The summed E-state index contributed by atoms with van der Waals surface area (Å²) in [6, 6.07) is 7.89. The standard InChI is InChI=1S/C20H23FN8O2S/c1-13(15-2-4-16(21)5-3-15)25-20-27-17(26-18-10-22-6-7-23-18)8-19(28-20)29-11-14(12-29)9-24-32(30)31/h2-8,10,13-14,24H,9,11-12H2,1H3,(H,30,31)(H2,23,25,26,27,28)/p-1. The molecule has 0 amide bonds. The predicted octanol–water partition coefficient (Wildman–Crippen LogP) is 2.14. The molecule has 1 aromatic carbocycles. The summed E-state index contributed by atoms with van der Waals surface area (Å²) in [5.74, 6) is 2.07. The van der Waals surface area contributed by atoms with Gasteiger partial charge in [0, 0.05) is 55.3 Å². The summed E-state index contributed by atoms with van der Waals surface area (Å²) >= 11 is -2.27. The van der Waals surface area contributed by atoms with Crippen molar-refractivity contribution in [2.75, 3.05) is 35.2 Å². The van der Waals surface area contributed by atoms with E-state index in [1.165, 1.54) is 12.1 Å². The first kappa shape index (κ1) is 22.0. The molecule has 32 heavy (non-hydrogen) atoms. The molecular weight excluding hydrogens is 435 g/mol. The van der Waals surface area contributed by atoms with Gasteiger partial charge in [-0.3, -0.25) is 9.19 Å². The fourth-order valence-corrected chi connectivity index (χ4v) is 3.69. The van der Waals surface area contributed by atoms with Gasteiger partial charge in [0.15, 0.2) is 0 Å². The zero-order chi connectivity index (χ0) is 22.5. The van der Waals surface area contributed by atoms with E-state index >= 15 is 0 Å². The quantitative estimate of drug-likeness (QED) is 0.414. The SMILES string of the molecule is CC(Nc1nc(Nc2cnccn2)cc(N2CC(CNS(=O)[O-])C2)n1)c1ccc(F)cc1. The normalized spacial score (nSPS) is 15.7. The first-order chi connectivity index (χ1) is 15.5. The molecule has 3 aromatic rings. The summed E-state index contributed by atoms with van der Waals surface area (Å²) in [6.07, 6.45) is 4.74. The summed E-state index contributed by atoms with van der Waals surface area (Å²) in [4.78, 5) is 19.5. The Balaban J connectivity index is 1.52. The number of benzene rings is 1. The molecule has 1 aliphatic rings. The lowest BCUT2D eigenvalue weighted by atomic mass is 10.0. The van der Waals surface area contributed by atoms with E-state index in [4.69, 9.17) is 0 Å². The van der Waals surface area contributed by atoms with E-state index in [1.807, 2.05) is 11.8 Å². The van der Waals surface area contributed by atoms with Crippen molar-refractivity contribution in [3.8, 4) is 0 Å². The molecule has 1 fully saturated rings. The molecule has 1 aliphatic heterocycles. The van der Waals surface area contributed by atoms with Crippen LogP contribution in [0.4, 0.5) is 27.8 Å². The van der Waals surface area contributed by atoms with E-state index in [0.717, 1.165) is 5.56 Å². The lowest BCUT2D eigenvalue weighted by Gasteiger charge is -2.40. The number of anilines is 4. The number of hydrogen-bond donors (Lipinski definition) is 3. The topological polar surface area (TPSA) is 131 Å². The van der Waals surface area contributed by atoms with Gasteiger partial charge in [-0.25, -0.2) is 14.1 Å². The van der Waals surface area contributed by atoms with E-state index in [0.29, 0.717) is 43.0 Å². The Morgan fingerprint density at radius 1 is 1.22 bits per heavy atom. The molecule has 1 saturated heterocycles. The Labute approximate surface area is 187 Å². The number of rotatable bonds is 9. The van der Waals surface area contributed by atoms with Crippen LogP contribution in [0, 0.1) is 11.7 Å². The molecule has 4 rings (SSSR count). The Hall–Kier alpha value is -3.22. The van der Waals surface area contributed by atoms with Gasteiger partial charge in [0.05, 0.1) is 12.2 Å². The van der Waals surface area contributed by atoms with Gasteiger partial charge in [0.1, 0.15) is 23.3 Å². The first-order valence-corrected chi connectivity index (χ1v) is 11.1. The lowest BCUT2D eigenvalue weighted by molar-refractivity contribution is 0.400. The molecule has 10 nitrogen and oxygen atoms in total. The molecule has 2 aromatic heterocycles. The third-order valence-corrected chi connectivity index (χ3v) is 5.42. The number of halogens is 1. The minimum Gasteiger partial charge on any atom is -0.760 e. The van der Waals surface area contributed by atoms with Crippen LogP contribution in [0.5, 0.6) is 0 Å². The van der Waals surface area contributed by atoms with Gasteiger partial charge < -0.3 is 20.1 Å². The van der Waals surface area contributed by atoms with Crippen LogP contribution in [0.3, 0.4) is 0 Å². The molecule has 3 heterocycles. The van der Waals surface area contributed by atoms with E-state index in [1.54, 1.807) is 36.8 Å². The average Bonchev–Trinajstić information content (AvgIpc) is 2.73. The van der Waals surface area contributed by atoms with Crippen molar-refractivity contribution in [3.05, 3.63) is 60.3 Å². The van der Waals surface area contributed by atoms with Gasteiger partial charge in [-0.05, 0) is 24.6 Å². The van der Waals surface area contributed by atoms with Crippen LogP contribution < -0.4 is 20.3 Å². The zero-order valence-electron chi connectivity index (χ0n) is 17.2. The maximum atomic E-state index is 13.2. The molecule has 3 N–H and O–H groups in total. The van der Waals surface area contributed by atoms with Crippen molar-refractivity contribution >= 4 is 34.7 Å². The highest BCUT2D eigenvalue weighted by Gasteiger charge is 2.28. The van der Waals surface area contributed by atoms with E-state index in [-0.39, 0.29) is 17.8 Å². The molecular formula is C20H22FN8O2S-. The van der Waals surface area contributed by atoms with Crippen molar-refractivity contribution in [1.82, 2.24) is 24.7 Å². The van der Waals surface area contributed by atoms with Gasteiger partial charge in [0.25, 0.3) is 0 Å². The molecule has 0 radical (unpaired) electrons. The third kappa shape index (κ3) is 5.72. The zero-order valence-corrected chi connectivity index (χ0v) is 18.1. The fourth-order valence-electron chi connectivity index (χ4n) is 3.32. The Kier molecular flexibility index (Phi) is 6.83. The minimum atomic E-state index is -2.27. The average molecular weight is 458 g/mol. The van der Waals surface area contributed by atoms with Gasteiger partial charge >= 0.3 is 0 Å². The Morgan fingerprint density at radius 3 is 2.69 bits per heavy atom. The van der Waals surface area contributed by atoms with Crippen molar-refractivity contribution < 1.29 is 13.2 Å². The van der Waals surface area contributed by atoms with Crippen LogP contribution >= 0.6 is 0 Å². The highest BCUT2D eigenvalue weighted by Crippen LogP contribution is 2.28. The molecule has 0 aliphatic carbocycles. The predicted molar refractivity (Wildman–Crippen MR) is 118 cm³/mol. The maximum absolute atomic E-state index is 13.2. The number of nitrogens with one attached hydrogen (secondary N) is 3. The summed E-state index contributed by atoms with van der Waals surface area (Å²) in [6.45, 7) is 3.65. The van der Waals surface area contributed by atoms with Crippen LogP contribution in [0.15, 0.2) is 48.9 Å². The highest BCUT2D eigenvalue weighted by atomic mass is 32.2. The molecule has 0 spiro atoms. The van der Waals surface area contributed by atoms with Crippen molar-refractivity contribution in [2.24, 2.45) is 5.92 Å². The Bertz CT molecular complexity index is 1070. The molecule has 0 saturated carbocycles. The molecule has 0 bridgehead atoms. The van der Waals surface area contributed by atoms with E-state index < -0.39 is 11.3 Å². The lowest BCUT2D eigenvalue weighted by Crippen LogP contribution is -2.51. The second-order valence-corrected chi connectivity index (χ2v) is 8.18. The van der Waals surface area contributed by atoms with Crippen molar-refractivity contribution in [3.63, 3.8) is 0 Å². The second kappa shape index (κ2) is 9.94. The van der Waals surface area contributed by atoms with Gasteiger partial charge in [-0.2, -0.15) is 9.97 Å². The van der Waals surface area contributed by atoms with Crippen LogP contribution in [0.2, 0.25) is 0 Å². The molecule has 2 unspecified atom stereocenters. The maximum Gasteiger partial charge on any atom is 0.227 e. The molecule has 168 valence electrons. The van der Waals surface area contributed by atoms with Gasteiger partial charge in [0.2, 0.25) is 5.95 Å². The summed E-state index contributed by atoms with van der Waals surface area (Å²) in [5.41, 5.74) is 0.893. The smallest absolute Gasteiger partial charge is 0.227 e. The largest absolute Gasteiger partial charge is 0.760 e. The van der Waals surface area contributed by atoms with E-state index in [2.05, 4.69) is 35.3 Å². The monoisotopic (exact) mass is 457 g/mol. The summed E-state index contributed by atoms with van der Waals surface area (Å²) in [7, 11) is 0. The summed E-state index contributed by atoms with van der Waals surface area (Å²) < 4.78 is 37.1. The van der Waals surface area contributed by atoms with Crippen LogP contribution in [-0.4, -0.2) is 48.3 Å². The highest BCUT2D eigenvalue weighted by molar-refractivity contribution is 7.77. The summed E-state index contributed by atoms with van der Waals surface area (Å²) in [5, 5.41) is 6.38. The van der Waals surface area contributed by atoms with Crippen LogP contribution in [-0.2, 0) is 11.3 Å². The molecule has 2 atom stereocenters. The number of hydrogen-bond acceptors (Lipinski definition) is 9. The van der Waals surface area contributed by atoms with Gasteiger partial charge in [-0.15, -0.1) is 0 Å². The van der Waals surface area contributed by atoms with Crippen molar-refractivity contribution in [1.29, 1.82) is 0 Å².